The predicted octanol–water partition coefficient (Wildman–Crippen LogP) is 1.03. The number of carbonyl (C=O) groups excluding carboxylic acids is 2. The third kappa shape index (κ3) is 0.869. The Morgan fingerprint density at radius 3 is 2.60 bits per heavy atom. The van der Waals surface area contributed by atoms with Gasteiger partial charge in [0, 0.05) is 0 Å². The van der Waals surface area contributed by atoms with Crippen molar-refractivity contribution in [3.63, 3.8) is 0 Å². The van der Waals surface area contributed by atoms with Crippen molar-refractivity contribution in [1.29, 1.82) is 0 Å². The lowest BCUT2D eigenvalue weighted by molar-refractivity contribution is -0.162. The van der Waals surface area contributed by atoms with Crippen molar-refractivity contribution in [3.8, 4) is 0 Å². The number of ether oxygens (including phenoxy) is 2. The number of esters is 2. The van der Waals surface area contributed by atoms with E-state index >= 15 is 0 Å². The second-order valence-corrected chi connectivity index (χ2v) is 5.03. The maximum absolute atomic E-state index is 11.6. The third-order valence-corrected chi connectivity index (χ3v) is 4.35. The fourth-order valence-corrected chi connectivity index (χ4v) is 3.55. The van der Waals surface area contributed by atoms with Gasteiger partial charge in [0.1, 0.15) is 11.8 Å². The van der Waals surface area contributed by atoms with Gasteiger partial charge in [-0.2, -0.15) is 0 Å². The molecule has 0 amide bonds. The molecule has 0 radical (unpaired) electrons. The second kappa shape index (κ2) is 2.43. The first-order chi connectivity index (χ1) is 7.02. The molecule has 0 aliphatic carbocycles. The summed E-state index contributed by atoms with van der Waals surface area (Å²) in [6, 6.07) is 0. The van der Waals surface area contributed by atoms with Gasteiger partial charge >= 0.3 is 11.9 Å². The molecule has 4 nitrogen and oxygen atoms in total. The minimum Gasteiger partial charge on any atom is -0.393 e. The molecular weight excluding hydrogens is 196 g/mol. The Morgan fingerprint density at radius 1 is 1.27 bits per heavy atom. The Labute approximate surface area is 87.9 Å². The van der Waals surface area contributed by atoms with E-state index in [0.29, 0.717) is 0 Å². The quantitative estimate of drug-likeness (QED) is 0.479. The normalized spacial score (nSPS) is 52.1. The largest absolute Gasteiger partial charge is 0.393 e. The molecule has 0 unspecified atom stereocenters. The van der Waals surface area contributed by atoms with Crippen molar-refractivity contribution in [2.45, 2.75) is 44.3 Å². The van der Waals surface area contributed by atoms with E-state index in [1.54, 1.807) is 0 Å². The van der Waals surface area contributed by atoms with E-state index < -0.39 is 11.2 Å². The molecule has 3 aliphatic rings. The summed E-state index contributed by atoms with van der Waals surface area (Å²) in [5.74, 6) is -1.48. The van der Waals surface area contributed by atoms with Gasteiger partial charge in [0.15, 0.2) is 0 Å². The molecule has 3 heterocycles. The average molecular weight is 210 g/mol. The highest BCUT2D eigenvalue weighted by molar-refractivity contribution is 5.98. The van der Waals surface area contributed by atoms with E-state index in [4.69, 9.17) is 9.47 Å². The summed E-state index contributed by atoms with van der Waals surface area (Å²) in [5.41, 5.74) is -0.896. The van der Waals surface area contributed by atoms with Gasteiger partial charge in [-0.1, -0.05) is 6.92 Å². The van der Waals surface area contributed by atoms with Crippen molar-refractivity contribution in [1.82, 2.24) is 0 Å². The average Bonchev–Trinajstić information content (AvgIpc) is 2.75. The van der Waals surface area contributed by atoms with Crippen molar-refractivity contribution in [3.05, 3.63) is 0 Å². The summed E-state index contributed by atoms with van der Waals surface area (Å²) >= 11 is 0. The molecule has 0 saturated carbocycles. The third-order valence-electron chi connectivity index (χ3n) is 4.35. The summed E-state index contributed by atoms with van der Waals surface area (Å²) in [5, 5.41) is 0. The molecule has 3 rings (SSSR count). The number of cyclic esters (lactones) is 2. The van der Waals surface area contributed by atoms with Crippen LogP contribution < -0.4 is 0 Å². The van der Waals surface area contributed by atoms with Gasteiger partial charge in [-0.15, -0.1) is 0 Å². The van der Waals surface area contributed by atoms with Crippen LogP contribution in [0.4, 0.5) is 0 Å². The van der Waals surface area contributed by atoms with Crippen molar-refractivity contribution in [2.24, 2.45) is 11.8 Å². The molecule has 0 aromatic heterocycles. The number of carbonyl (C=O) groups is 2. The Balaban J connectivity index is 2.11. The highest BCUT2D eigenvalue weighted by Gasteiger charge is 2.72. The first-order valence-corrected chi connectivity index (χ1v) is 5.48. The van der Waals surface area contributed by atoms with Crippen LogP contribution in [0.3, 0.4) is 0 Å². The van der Waals surface area contributed by atoms with Crippen molar-refractivity contribution < 1.29 is 19.1 Å². The highest BCUT2D eigenvalue weighted by atomic mass is 16.6. The minimum atomic E-state index is -0.468. The van der Waals surface area contributed by atoms with E-state index in [1.165, 1.54) is 0 Å². The zero-order valence-electron chi connectivity index (χ0n) is 8.91. The van der Waals surface area contributed by atoms with Gasteiger partial charge in [-0.05, 0) is 26.2 Å². The van der Waals surface area contributed by atoms with Crippen LogP contribution in [0.25, 0.3) is 0 Å². The Kier molecular flexibility index (Phi) is 1.51. The fourth-order valence-electron chi connectivity index (χ4n) is 3.55. The van der Waals surface area contributed by atoms with Crippen LogP contribution in [0.1, 0.15) is 33.1 Å². The predicted molar refractivity (Wildman–Crippen MR) is 49.8 cm³/mol. The number of hydrogen-bond donors (Lipinski definition) is 0. The first-order valence-electron chi connectivity index (χ1n) is 5.48. The van der Waals surface area contributed by atoms with Gasteiger partial charge in [0.05, 0.1) is 11.2 Å². The Bertz CT molecular complexity index is 364. The van der Waals surface area contributed by atoms with E-state index in [-0.39, 0.29) is 23.8 Å². The smallest absolute Gasteiger partial charge is 0.320 e. The second-order valence-electron chi connectivity index (χ2n) is 5.03. The van der Waals surface area contributed by atoms with Crippen LogP contribution in [0.15, 0.2) is 0 Å². The molecule has 2 bridgehead atoms. The molecule has 82 valence electrons. The van der Waals surface area contributed by atoms with Crippen LogP contribution in [0.5, 0.6) is 0 Å². The van der Waals surface area contributed by atoms with Gasteiger partial charge in [0.2, 0.25) is 0 Å². The zero-order chi connectivity index (χ0) is 10.8. The zero-order valence-corrected chi connectivity index (χ0v) is 8.91. The molecule has 0 N–H and O–H groups in total. The fraction of sp³-hybridized carbons (Fsp3) is 0.818. The van der Waals surface area contributed by atoms with E-state index in [9.17, 15) is 9.59 Å². The molecule has 0 aromatic carbocycles. The summed E-state index contributed by atoms with van der Waals surface area (Å²) in [6.45, 7) is 3.93. The monoisotopic (exact) mass is 210 g/mol. The van der Waals surface area contributed by atoms with Crippen LogP contribution in [-0.2, 0) is 19.1 Å². The maximum atomic E-state index is 11.6. The molecule has 0 spiro atoms. The SMILES string of the molecule is CC[C@@]12CC[C@@](C)(O1)[C@H]1C(=O)OC(=O)[C@H]12. The van der Waals surface area contributed by atoms with Gasteiger partial charge < -0.3 is 9.47 Å². The summed E-state index contributed by atoms with van der Waals surface area (Å²) in [4.78, 5) is 23.2. The van der Waals surface area contributed by atoms with Crippen molar-refractivity contribution >= 4 is 11.9 Å². The minimum absolute atomic E-state index is 0.353. The lowest BCUT2D eigenvalue weighted by Gasteiger charge is -2.28. The summed E-state index contributed by atoms with van der Waals surface area (Å²) < 4.78 is 10.7. The number of hydrogen-bond acceptors (Lipinski definition) is 4. The number of fused-ring (bicyclic) bond motifs is 5. The van der Waals surface area contributed by atoms with Gasteiger partial charge in [-0.3, -0.25) is 9.59 Å². The van der Waals surface area contributed by atoms with Crippen LogP contribution >= 0.6 is 0 Å². The summed E-state index contributed by atoms with van der Waals surface area (Å²) in [7, 11) is 0. The van der Waals surface area contributed by atoms with Gasteiger partial charge in [-0.25, -0.2) is 0 Å². The lowest BCUT2D eigenvalue weighted by Crippen LogP contribution is -2.41. The van der Waals surface area contributed by atoms with E-state index in [1.807, 2.05) is 13.8 Å². The molecule has 3 aliphatic heterocycles. The maximum Gasteiger partial charge on any atom is 0.320 e. The standard InChI is InChI=1S/C11H14O4/c1-3-11-5-4-10(2,15-11)6-7(11)9(13)14-8(6)12/h6-7H,3-5H2,1-2H3/t6-,7+,10-,11+/m1/s1. The molecular formula is C11H14O4. The molecule has 0 aromatic rings. The Morgan fingerprint density at radius 2 is 1.93 bits per heavy atom. The highest BCUT2D eigenvalue weighted by Crippen LogP contribution is 2.61. The lowest BCUT2D eigenvalue weighted by atomic mass is 9.67. The summed E-state index contributed by atoms with van der Waals surface area (Å²) in [6.07, 6.45) is 2.49. The van der Waals surface area contributed by atoms with Gasteiger partial charge in [0.25, 0.3) is 0 Å². The van der Waals surface area contributed by atoms with Crippen LogP contribution in [-0.4, -0.2) is 23.1 Å². The van der Waals surface area contributed by atoms with E-state index in [0.717, 1.165) is 19.3 Å². The topological polar surface area (TPSA) is 52.6 Å². The van der Waals surface area contributed by atoms with Crippen LogP contribution in [0.2, 0.25) is 0 Å². The van der Waals surface area contributed by atoms with Crippen LogP contribution in [0, 0.1) is 11.8 Å². The number of rotatable bonds is 1. The molecule has 3 saturated heterocycles. The molecule has 4 atom stereocenters. The Hall–Kier alpha value is -0.900. The molecule has 4 heteroatoms. The van der Waals surface area contributed by atoms with Crippen molar-refractivity contribution in [2.75, 3.05) is 0 Å². The first kappa shape index (κ1) is 9.33. The molecule has 15 heavy (non-hydrogen) atoms. The molecule has 3 fully saturated rings. The van der Waals surface area contributed by atoms with E-state index in [2.05, 4.69) is 0 Å².